The van der Waals surface area contributed by atoms with Crippen molar-refractivity contribution < 1.29 is 8.83 Å². The summed E-state index contributed by atoms with van der Waals surface area (Å²) < 4.78 is 12.9. The Labute approximate surface area is 283 Å². The zero-order chi connectivity index (χ0) is 33.7. The van der Waals surface area contributed by atoms with Crippen molar-refractivity contribution in [2.24, 2.45) is 0 Å². The molecular weight excluding hydrogens is 596 g/mol. The summed E-state index contributed by atoms with van der Waals surface area (Å²) in [4.78, 5) is 33.2. The van der Waals surface area contributed by atoms with Gasteiger partial charge in [-0.15, -0.1) is 0 Å². The molecule has 6 nitrogen and oxygen atoms in total. The topological polar surface area (TPSA) is 66.9 Å². The van der Waals surface area contributed by atoms with Crippen LogP contribution in [0.15, 0.2) is 30.6 Å². The second-order valence-electron chi connectivity index (χ2n) is 18.3. The first-order valence-corrected chi connectivity index (χ1v) is 18.4. The molecule has 2 aromatic heterocycles. The summed E-state index contributed by atoms with van der Waals surface area (Å²) in [6.07, 6.45) is 6.59. The first-order valence-electron chi connectivity index (χ1n) is 18.4. The quantitative estimate of drug-likeness (QED) is 0.180. The monoisotopic (exact) mass is 646 g/mol. The van der Waals surface area contributed by atoms with Crippen LogP contribution < -0.4 is 21.1 Å². The van der Waals surface area contributed by atoms with Crippen molar-refractivity contribution in [3.63, 3.8) is 0 Å². The first kappa shape index (κ1) is 30.5. The van der Waals surface area contributed by atoms with Crippen LogP contribution >= 0.6 is 0 Å². The summed E-state index contributed by atoms with van der Waals surface area (Å²) in [6.45, 7) is 22.8. The molecule has 0 unspecified atom stereocenters. The molecule has 9 rings (SSSR count). The molecule has 1 aliphatic carbocycles. The predicted molar refractivity (Wildman–Crippen MR) is 195 cm³/mol. The molecule has 4 aliphatic heterocycles. The van der Waals surface area contributed by atoms with Crippen LogP contribution in [-0.2, 0) is 47.3 Å². The van der Waals surface area contributed by atoms with Crippen molar-refractivity contribution in [3.05, 3.63) is 77.5 Å². The molecule has 6 heterocycles. The van der Waals surface area contributed by atoms with E-state index in [0.717, 1.165) is 96.1 Å². The molecule has 0 atom stereocenters. The summed E-state index contributed by atoms with van der Waals surface area (Å²) in [5, 5.41) is 2.14. The minimum absolute atomic E-state index is 0.0238. The van der Waals surface area contributed by atoms with Crippen LogP contribution in [0.1, 0.15) is 126 Å². The number of aryl methyl sites for hydroxylation is 2. The maximum absolute atomic E-state index is 14.1. The average molecular weight is 647 g/mol. The minimum Gasteiger partial charge on any atom is -0.422 e. The van der Waals surface area contributed by atoms with Gasteiger partial charge in [-0.2, -0.15) is 0 Å². The molecule has 4 aromatic rings. The molecule has 48 heavy (non-hydrogen) atoms. The number of rotatable bonds is 0. The summed E-state index contributed by atoms with van der Waals surface area (Å²) in [7, 11) is 0. The summed E-state index contributed by atoms with van der Waals surface area (Å²) >= 11 is 0. The molecular formula is C42H50N2O4. The number of benzene rings is 2. The molecule has 0 amide bonds. The first-order chi connectivity index (χ1) is 22.6. The van der Waals surface area contributed by atoms with Gasteiger partial charge in [-0.05, 0) is 107 Å². The van der Waals surface area contributed by atoms with Gasteiger partial charge in [-0.3, -0.25) is 0 Å². The molecule has 2 aromatic carbocycles. The van der Waals surface area contributed by atoms with Crippen molar-refractivity contribution in [3.8, 4) is 0 Å². The Morgan fingerprint density at radius 1 is 0.500 bits per heavy atom. The second-order valence-corrected chi connectivity index (χ2v) is 18.3. The van der Waals surface area contributed by atoms with Crippen LogP contribution in [0.2, 0.25) is 0 Å². The average Bonchev–Trinajstić information content (AvgIpc) is 2.99. The van der Waals surface area contributed by atoms with E-state index in [1.165, 1.54) is 33.6 Å². The predicted octanol–water partition coefficient (Wildman–Crippen LogP) is 8.12. The van der Waals surface area contributed by atoms with Gasteiger partial charge in [0.1, 0.15) is 11.2 Å². The smallest absolute Gasteiger partial charge is 0.339 e. The molecule has 6 heteroatoms. The summed E-state index contributed by atoms with van der Waals surface area (Å²) in [5.41, 5.74) is 12.3. The minimum atomic E-state index is -0.210. The van der Waals surface area contributed by atoms with Gasteiger partial charge in [0.2, 0.25) is 0 Å². The molecule has 0 saturated carbocycles. The second kappa shape index (κ2) is 9.57. The molecule has 0 fully saturated rings. The van der Waals surface area contributed by atoms with Gasteiger partial charge in [-0.25, -0.2) is 9.59 Å². The van der Waals surface area contributed by atoms with E-state index in [-0.39, 0.29) is 32.9 Å². The van der Waals surface area contributed by atoms with Crippen molar-refractivity contribution >= 4 is 33.3 Å². The third-order valence-corrected chi connectivity index (χ3v) is 13.5. The van der Waals surface area contributed by atoms with E-state index >= 15 is 0 Å². The Hall–Kier alpha value is -3.54. The number of fused-ring (bicyclic) bond motifs is 8. The number of nitrogens with zero attached hydrogens (tertiary/aromatic N) is 2. The zero-order valence-electron chi connectivity index (χ0n) is 30.2. The maximum Gasteiger partial charge on any atom is 0.339 e. The molecule has 0 radical (unpaired) electrons. The Balaban J connectivity index is 1.27. The lowest BCUT2D eigenvalue weighted by atomic mass is 9.68. The van der Waals surface area contributed by atoms with Crippen LogP contribution in [0, 0.1) is 0 Å². The molecule has 0 N–H and O–H groups in total. The lowest BCUT2D eigenvalue weighted by Crippen LogP contribution is -2.45. The SMILES string of the molecule is CC1(C)CCN2CCC(C)(C)c3c2c1cc1c2c(c(=O)oc31)CCc1c(c(=O)oc3c4c5c(cc13)C(C)(C)CCN5CCC4(C)C)CC2. The fourth-order valence-electron chi connectivity index (χ4n) is 10.2. The largest absolute Gasteiger partial charge is 0.422 e. The van der Waals surface area contributed by atoms with Crippen molar-refractivity contribution in [2.45, 2.75) is 128 Å². The third-order valence-electron chi connectivity index (χ3n) is 13.5. The van der Waals surface area contributed by atoms with Gasteiger partial charge in [0, 0.05) is 70.6 Å². The highest BCUT2D eigenvalue weighted by atomic mass is 16.4. The highest BCUT2D eigenvalue weighted by molar-refractivity contribution is 5.95. The maximum atomic E-state index is 14.1. The van der Waals surface area contributed by atoms with Crippen molar-refractivity contribution in [1.29, 1.82) is 0 Å². The molecule has 0 saturated heterocycles. The van der Waals surface area contributed by atoms with Gasteiger partial charge in [0.05, 0.1) is 0 Å². The molecule has 0 spiro atoms. The van der Waals surface area contributed by atoms with Crippen LogP contribution in [0.25, 0.3) is 21.9 Å². The van der Waals surface area contributed by atoms with Gasteiger partial charge < -0.3 is 18.6 Å². The lowest BCUT2D eigenvalue weighted by molar-refractivity contribution is 0.398. The number of hydrogen-bond acceptors (Lipinski definition) is 6. The van der Waals surface area contributed by atoms with Gasteiger partial charge in [0.15, 0.2) is 0 Å². The van der Waals surface area contributed by atoms with Crippen LogP contribution in [0.3, 0.4) is 0 Å². The van der Waals surface area contributed by atoms with Gasteiger partial charge >= 0.3 is 11.3 Å². The van der Waals surface area contributed by atoms with E-state index in [2.05, 4.69) is 77.3 Å². The van der Waals surface area contributed by atoms with E-state index in [1.54, 1.807) is 0 Å². The van der Waals surface area contributed by atoms with Crippen LogP contribution in [-0.4, -0.2) is 26.2 Å². The fourth-order valence-corrected chi connectivity index (χ4v) is 10.2. The zero-order valence-corrected chi connectivity index (χ0v) is 30.2. The van der Waals surface area contributed by atoms with Crippen LogP contribution in [0.4, 0.5) is 11.4 Å². The fraction of sp³-hybridized carbons (Fsp3) is 0.571. The lowest BCUT2D eigenvalue weighted by Gasteiger charge is -2.48. The summed E-state index contributed by atoms with van der Waals surface area (Å²) in [5.74, 6) is 0. The number of anilines is 2. The standard InChI is InChI=1S/C42H50N2O4/c1-39(2)13-17-43-19-15-41(5,6)31-33(43)29(39)21-27-23-9-11-26-24(10-12-25(23)37(45)47-35(27)31)28-22-30-34-32(36(28)48-38(26)46)42(7,8)16-20-44(34)18-14-40(30,3)4/h21-22H,9-20H2,1-8H3. The normalized spacial score (nSPS) is 22.8. The highest BCUT2D eigenvalue weighted by Gasteiger charge is 2.44. The van der Waals surface area contributed by atoms with E-state index in [0.29, 0.717) is 25.7 Å². The molecule has 252 valence electrons. The van der Waals surface area contributed by atoms with Gasteiger partial charge in [0.25, 0.3) is 0 Å². The number of hydrogen-bond donors (Lipinski definition) is 0. The Morgan fingerprint density at radius 3 is 1.21 bits per heavy atom. The Kier molecular flexibility index (Phi) is 6.09. The Bertz CT molecular complexity index is 2050. The highest BCUT2D eigenvalue weighted by Crippen LogP contribution is 2.54. The van der Waals surface area contributed by atoms with Crippen molar-refractivity contribution in [2.75, 3.05) is 36.0 Å². The van der Waals surface area contributed by atoms with E-state index in [9.17, 15) is 9.59 Å². The van der Waals surface area contributed by atoms with E-state index in [4.69, 9.17) is 8.83 Å². The molecule has 0 bridgehead atoms. The van der Waals surface area contributed by atoms with E-state index < -0.39 is 0 Å². The van der Waals surface area contributed by atoms with Crippen molar-refractivity contribution in [1.82, 2.24) is 0 Å². The third kappa shape index (κ3) is 4.04. The summed E-state index contributed by atoms with van der Waals surface area (Å²) in [6, 6.07) is 4.70. The van der Waals surface area contributed by atoms with Gasteiger partial charge in [-0.1, -0.05) is 55.4 Å². The Morgan fingerprint density at radius 2 is 0.833 bits per heavy atom. The van der Waals surface area contributed by atoms with E-state index in [1.807, 2.05) is 0 Å². The van der Waals surface area contributed by atoms with Crippen LogP contribution in [0.5, 0.6) is 0 Å². The molecule has 5 aliphatic rings.